The molecule has 0 radical (unpaired) electrons. The zero-order valence-corrected chi connectivity index (χ0v) is 17.7. The molecule has 0 saturated heterocycles. The Morgan fingerprint density at radius 3 is 2.77 bits per heavy atom. The maximum Gasteiger partial charge on any atom is 0.311 e. The first-order valence-electron chi connectivity index (χ1n) is 9.03. The first-order valence-corrected chi connectivity index (χ1v) is 9.78. The molecular weight excluding hydrogens is 454 g/mol. The maximum absolute atomic E-state index is 13.3. The van der Waals surface area contributed by atoms with E-state index in [-0.39, 0.29) is 23.9 Å². The average molecular weight is 471 g/mol. The SMILES string of the molecule is Cc1nn(CCCNC(=O)c2ccn(COc3cc(F)ccc3[N+](=O)[O-])n2)c(Cl)c1Cl. The Kier molecular flexibility index (Phi) is 7.08. The molecule has 0 bridgehead atoms. The van der Waals surface area contributed by atoms with Gasteiger partial charge in [-0.1, -0.05) is 23.2 Å². The van der Waals surface area contributed by atoms with Crippen LogP contribution in [0.25, 0.3) is 0 Å². The average Bonchev–Trinajstić information content (AvgIpc) is 3.30. The summed E-state index contributed by atoms with van der Waals surface area (Å²) in [5.74, 6) is -1.31. The Balaban J connectivity index is 1.50. The van der Waals surface area contributed by atoms with E-state index in [1.165, 1.54) is 16.9 Å². The van der Waals surface area contributed by atoms with E-state index in [0.29, 0.717) is 35.4 Å². The van der Waals surface area contributed by atoms with Gasteiger partial charge in [-0.15, -0.1) is 0 Å². The number of nitro benzene ring substituents is 1. The molecule has 1 N–H and O–H groups in total. The van der Waals surface area contributed by atoms with Gasteiger partial charge in [-0.25, -0.2) is 9.07 Å². The van der Waals surface area contributed by atoms with E-state index < -0.39 is 16.6 Å². The minimum Gasteiger partial charge on any atom is -0.464 e. The predicted octanol–water partition coefficient (Wildman–Crippen LogP) is 3.60. The lowest BCUT2D eigenvalue weighted by molar-refractivity contribution is -0.386. The molecule has 0 aliphatic carbocycles. The number of halogens is 3. The molecule has 2 aromatic heterocycles. The number of aryl methyl sites for hydroxylation is 2. The molecule has 1 amide bonds. The van der Waals surface area contributed by atoms with E-state index in [1.807, 2.05) is 0 Å². The number of nitrogens with zero attached hydrogens (tertiary/aromatic N) is 5. The largest absolute Gasteiger partial charge is 0.464 e. The number of nitro groups is 1. The summed E-state index contributed by atoms with van der Waals surface area (Å²) in [5, 5.41) is 22.7. The summed E-state index contributed by atoms with van der Waals surface area (Å²) in [7, 11) is 0. The van der Waals surface area contributed by atoms with Crippen molar-refractivity contribution in [3.05, 3.63) is 68.0 Å². The first-order chi connectivity index (χ1) is 14.8. The van der Waals surface area contributed by atoms with Gasteiger partial charge in [-0.05, 0) is 25.5 Å². The summed E-state index contributed by atoms with van der Waals surface area (Å²) in [6.45, 7) is 2.33. The van der Waals surface area contributed by atoms with Crippen molar-refractivity contribution in [1.82, 2.24) is 24.9 Å². The Bertz CT molecular complexity index is 1120. The fourth-order valence-electron chi connectivity index (χ4n) is 2.65. The van der Waals surface area contributed by atoms with Gasteiger partial charge < -0.3 is 10.1 Å². The Labute approximate surface area is 185 Å². The Morgan fingerprint density at radius 1 is 1.32 bits per heavy atom. The van der Waals surface area contributed by atoms with Crippen LogP contribution >= 0.6 is 23.2 Å². The van der Waals surface area contributed by atoms with E-state index in [9.17, 15) is 19.3 Å². The Hall–Kier alpha value is -3.18. The van der Waals surface area contributed by atoms with Crippen LogP contribution in [-0.4, -0.2) is 36.9 Å². The summed E-state index contributed by atoms with van der Waals surface area (Å²) in [6.07, 6.45) is 2.03. The lowest BCUT2D eigenvalue weighted by Crippen LogP contribution is -2.26. The van der Waals surface area contributed by atoms with Crippen LogP contribution in [0.4, 0.5) is 10.1 Å². The van der Waals surface area contributed by atoms with Crippen LogP contribution < -0.4 is 10.1 Å². The number of carbonyl (C=O) groups is 1. The summed E-state index contributed by atoms with van der Waals surface area (Å²) >= 11 is 12.0. The minimum absolute atomic E-state index is 0.133. The van der Waals surface area contributed by atoms with Crippen molar-refractivity contribution < 1.29 is 18.8 Å². The van der Waals surface area contributed by atoms with Crippen molar-refractivity contribution in [3.8, 4) is 5.75 Å². The fraction of sp³-hybridized carbons (Fsp3) is 0.278. The van der Waals surface area contributed by atoms with Crippen LogP contribution in [0.15, 0.2) is 30.5 Å². The van der Waals surface area contributed by atoms with E-state index in [2.05, 4.69) is 15.5 Å². The molecule has 31 heavy (non-hydrogen) atoms. The van der Waals surface area contributed by atoms with Crippen molar-refractivity contribution in [1.29, 1.82) is 0 Å². The van der Waals surface area contributed by atoms with Crippen LogP contribution in [0, 0.1) is 22.9 Å². The number of ether oxygens (including phenoxy) is 1. The van der Waals surface area contributed by atoms with Crippen molar-refractivity contribution in [3.63, 3.8) is 0 Å². The number of hydrogen-bond donors (Lipinski definition) is 1. The van der Waals surface area contributed by atoms with Crippen molar-refractivity contribution in [2.75, 3.05) is 6.54 Å². The van der Waals surface area contributed by atoms with E-state index >= 15 is 0 Å². The third kappa shape index (κ3) is 5.50. The van der Waals surface area contributed by atoms with E-state index in [1.54, 1.807) is 11.6 Å². The molecule has 0 aliphatic heterocycles. The van der Waals surface area contributed by atoms with Crippen LogP contribution in [0.2, 0.25) is 10.2 Å². The number of amides is 1. The third-order valence-corrected chi connectivity index (χ3v) is 5.11. The molecule has 0 fully saturated rings. The van der Waals surface area contributed by atoms with Gasteiger partial charge in [-0.3, -0.25) is 19.6 Å². The molecule has 1 aromatic carbocycles. The van der Waals surface area contributed by atoms with Crippen LogP contribution in [0.3, 0.4) is 0 Å². The molecule has 0 atom stereocenters. The number of benzene rings is 1. The molecule has 10 nitrogen and oxygen atoms in total. The van der Waals surface area contributed by atoms with Gasteiger partial charge in [0.25, 0.3) is 5.91 Å². The van der Waals surface area contributed by atoms with Crippen LogP contribution in [-0.2, 0) is 13.3 Å². The van der Waals surface area contributed by atoms with Crippen molar-refractivity contribution in [2.45, 2.75) is 26.6 Å². The highest BCUT2D eigenvalue weighted by Gasteiger charge is 2.17. The number of hydrogen-bond acceptors (Lipinski definition) is 6. The monoisotopic (exact) mass is 470 g/mol. The summed E-state index contributed by atoms with van der Waals surface area (Å²) in [6, 6.07) is 4.36. The highest BCUT2D eigenvalue weighted by atomic mass is 35.5. The molecule has 0 unspecified atom stereocenters. The van der Waals surface area contributed by atoms with Gasteiger partial charge in [0.05, 0.1) is 10.6 Å². The molecule has 0 spiro atoms. The quantitative estimate of drug-likeness (QED) is 0.290. The number of rotatable bonds is 9. The number of carbonyl (C=O) groups excluding carboxylic acids is 1. The molecular formula is C18H17Cl2FN6O4. The molecule has 13 heteroatoms. The molecule has 0 saturated carbocycles. The summed E-state index contributed by atoms with van der Waals surface area (Å²) in [5.41, 5.74) is 0.390. The zero-order chi connectivity index (χ0) is 22.5. The van der Waals surface area contributed by atoms with E-state index in [0.717, 1.165) is 18.2 Å². The third-order valence-electron chi connectivity index (χ3n) is 4.17. The first kappa shape index (κ1) is 22.5. The second-order valence-corrected chi connectivity index (χ2v) is 7.14. The standard InChI is InChI=1S/C18H17Cl2FN6O4/c1-11-16(19)17(20)26(23-11)7-2-6-22-18(28)13-5-8-25(24-13)10-31-15-9-12(21)3-4-14(15)27(29)30/h3-5,8-9H,2,6-7,10H2,1H3,(H,22,28). The van der Waals surface area contributed by atoms with Crippen LogP contribution in [0.5, 0.6) is 5.75 Å². The lowest BCUT2D eigenvalue weighted by atomic mass is 10.3. The lowest BCUT2D eigenvalue weighted by Gasteiger charge is -2.07. The molecule has 0 aliphatic rings. The number of nitrogens with one attached hydrogen (secondary N) is 1. The van der Waals surface area contributed by atoms with Crippen LogP contribution in [0.1, 0.15) is 22.6 Å². The van der Waals surface area contributed by atoms with Gasteiger partial charge >= 0.3 is 5.69 Å². The second kappa shape index (κ2) is 9.75. The van der Waals surface area contributed by atoms with Gasteiger partial charge in [0.1, 0.15) is 21.7 Å². The molecule has 3 aromatic rings. The normalized spacial score (nSPS) is 10.8. The minimum atomic E-state index is -0.678. The highest BCUT2D eigenvalue weighted by Crippen LogP contribution is 2.27. The maximum atomic E-state index is 13.3. The highest BCUT2D eigenvalue weighted by molar-refractivity contribution is 6.41. The summed E-state index contributed by atoms with van der Waals surface area (Å²) < 4.78 is 21.5. The molecule has 164 valence electrons. The molecule has 2 heterocycles. The van der Waals surface area contributed by atoms with Gasteiger partial charge in [0.2, 0.25) is 5.75 Å². The van der Waals surface area contributed by atoms with Gasteiger partial charge in [0, 0.05) is 31.4 Å². The predicted molar refractivity (Wildman–Crippen MR) is 110 cm³/mol. The Morgan fingerprint density at radius 2 is 2.10 bits per heavy atom. The topological polar surface area (TPSA) is 117 Å². The number of aromatic nitrogens is 4. The van der Waals surface area contributed by atoms with Crippen molar-refractivity contribution in [2.24, 2.45) is 0 Å². The fourth-order valence-corrected chi connectivity index (χ4v) is 3.04. The smallest absolute Gasteiger partial charge is 0.311 e. The second-order valence-electron chi connectivity index (χ2n) is 6.41. The molecule has 3 rings (SSSR count). The zero-order valence-electron chi connectivity index (χ0n) is 16.2. The van der Waals surface area contributed by atoms with Crippen molar-refractivity contribution >= 4 is 34.8 Å². The van der Waals surface area contributed by atoms with Gasteiger partial charge in [-0.2, -0.15) is 10.2 Å². The van der Waals surface area contributed by atoms with E-state index in [4.69, 9.17) is 27.9 Å². The summed E-state index contributed by atoms with van der Waals surface area (Å²) in [4.78, 5) is 22.5. The van der Waals surface area contributed by atoms with Gasteiger partial charge in [0.15, 0.2) is 6.73 Å².